The fourth-order valence-electron chi connectivity index (χ4n) is 2.98. The van der Waals surface area contributed by atoms with Gasteiger partial charge in [-0.25, -0.2) is 4.79 Å². The third-order valence-electron chi connectivity index (χ3n) is 4.11. The highest BCUT2D eigenvalue weighted by Gasteiger charge is 2.27. The lowest BCUT2D eigenvalue weighted by atomic mass is 10.1. The number of aromatic nitrogens is 2. The van der Waals surface area contributed by atoms with Crippen LogP contribution < -0.4 is 5.32 Å². The summed E-state index contributed by atoms with van der Waals surface area (Å²) < 4.78 is 11.0. The molecule has 1 fully saturated rings. The van der Waals surface area contributed by atoms with Crippen molar-refractivity contribution in [2.45, 2.75) is 45.4 Å². The second-order valence-electron chi connectivity index (χ2n) is 6.54. The van der Waals surface area contributed by atoms with Crippen molar-refractivity contribution in [1.29, 1.82) is 0 Å². The second-order valence-corrected chi connectivity index (χ2v) is 6.54. The molecule has 3 atom stereocenters. The highest BCUT2D eigenvalue weighted by Crippen LogP contribution is 2.15. The lowest BCUT2D eigenvalue weighted by molar-refractivity contribution is -0.0548. The predicted molar refractivity (Wildman–Crippen MR) is 92.1 cm³/mol. The van der Waals surface area contributed by atoms with Crippen LogP contribution in [0.4, 0.5) is 4.79 Å². The third-order valence-corrected chi connectivity index (χ3v) is 4.11. The van der Waals surface area contributed by atoms with Crippen molar-refractivity contribution < 1.29 is 14.1 Å². The average Bonchev–Trinajstić information content (AvgIpc) is 3.03. The fraction of sp³-hybridized carbons (Fsp3) is 0.500. The molecule has 0 unspecified atom stereocenters. The van der Waals surface area contributed by atoms with Crippen molar-refractivity contribution in [3.8, 4) is 0 Å². The van der Waals surface area contributed by atoms with Crippen LogP contribution in [0.1, 0.15) is 44.1 Å². The van der Waals surface area contributed by atoms with E-state index in [1.54, 1.807) is 4.90 Å². The summed E-state index contributed by atoms with van der Waals surface area (Å²) >= 11 is 0. The maximum absolute atomic E-state index is 12.4. The van der Waals surface area contributed by atoms with E-state index in [1.807, 2.05) is 51.1 Å². The zero-order valence-electron chi connectivity index (χ0n) is 14.8. The number of nitrogens with one attached hydrogen (secondary N) is 1. The first-order chi connectivity index (χ1) is 12.0. The monoisotopic (exact) mass is 344 g/mol. The van der Waals surface area contributed by atoms with Gasteiger partial charge in [-0.05, 0) is 26.3 Å². The molecule has 0 spiro atoms. The van der Waals surface area contributed by atoms with Crippen LogP contribution in [0.3, 0.4) is 0 Å². The summed E-state index contributed by atoms with van der Waals surface area (Å²) in [4.78, 5) is 18.6. The molecule has 0 radical (unpaired) electrons. The summed E-state index contributed by atoms with van der Waals surface area (Å²) in [5.74, 6) is 1.02. The van der Waals surface area contributed by atoms with Gasteiger partial charge in [0.1, 0.15) is 6.04 Å². The van der Waals surface area contributed by atoms with Crippen molar-refractivity contribution in [2.75, 3.05) is 13.1 Å². The Kier molecular flexibility index (Phi) is 5.33. The number of nitrogens with zero attached hydrogens (tertiary/aromatic N) is 3. The van der Waals surface area contributed by atoms with Crippen molar-refractivity contribution in [1.82, 2.24) is 20.4 Å². The minimum absolute atomic E-state index is 0.0330. The van der Waals surface area contributed by atoms with Crippen molar-refractivity contribution >= 4 is 6.03 Å². The molecule has 0 bridgehead atoms. The number of ether oxygens (including phenoxy) is 1. The standard InChI is InChI=1S/C18H24N4O3/c1-12-10-22(11-13(2)24-12)18(23)19-14(3)17-20-16(21-25-17)9-15-7-5-4-6-8-15/h4-8,12-14H,9-11H2,1-3H3,(H,19,23)/t12-,13-,14+/m1/s1. The molecule has 0 aliphatic carbocycles. The van der Waals surface area contributed by atoms with Crippen LogP contribution in [-0.2, 0) is 11.2 Å². The number of morpholine rings is 1. The molecule has 2 heterocycles. The Morgan fingerprint density at radius 3 is 2.64 bits per heavy atom. The first kappa shape index (κ1) is 17.4. The SMILES string of the molecule is C[C@@H]1CN(C(=O)N[C@@H](C)c2nc(Cc3ccccc3)no2)C[C@@H](C)O1. The van der Waals surface area contributed by atoms with Gasteiger partial charge in [0.05, 0.1) is 12.2 Å². The Morgan fingerprint density at radius 2 is 1.96 bits per heavy atom. The van der Waals surface area contributed by atoms with E-state index >= 15 is 0 Å². The van der Waals surface area contributed by atoms with Crippen molar-refractivity contribution in [2.24, 2.45) is 0 Å². The Labute approximate surface area is 147 Å². The normalized spacial score (nSPS) is 21.8. The number of carbonyl (C=O) groups is 1. The minimum atomic E-state index is -0.349. The molecule has 2 amide bonds. The van der Waals surface area contributed by atoms with Gasteiger partial charge in [0, 0.05) is 19.5 Å². The van der Waals surface area contributed by atoms with Gasteiger partial charge in [-0.2, -0.15) is 4.98 Å². The number of carbonyl (C=O) groups excluding carboxylic acids is 1. The van der Waals surface area contributed by atoms with Gasteiger partial charge in [0.2, 0.25) is 5.89 Å². The summed E-state index contributed by atoms with van der Waals surface area (Å²) in [6.45, 7) is 6.92. The molecular formula is C18H24N4O3. The van der Waals surface area contributed by atoms with E-state index in [1.165, 1.54) is 0 Å². The minimum Gasteiger partial charge on any atom is -0.372 e. The fourth-order valence-corrected chi connectivity index (χ4v) is 2.98. The molecule has 3 rings (SSSR count). The van der Waals surface area contributed by atoms with Crippen LogP contribution in [0.25, 0.3) is 0 Å². The predicted octanol–water partition coefficient (Wildman–Crippen LogP) is 2.54. The number of rotatable bonds is 4. The van der Waals surface area contributed by atoms with Crippen LogP contribution in [0.2, 0.25) is 0 Å². The number of urea groups is 1. The summed E-state index contributed by atoms with van der Waals surface area (Å²) in [5, 5.41) is 6.92. The molecule has 2 aromatic rings. The van der Waals surface area contributed by atoms with E-state index in [9.17, 15) is 4.79 Å². The molecule has 1 aromatic carbocycles. The molecule has 1 aliphatic heterocycles. The van der Waals surface area contributed by atoms with Gasteiger partial charge >= 0.3 is 6.03 Å². The summed E-state index contributed by atoms with van der Waals surface area (Å²) in [6, 6.07) is 9.46. The van der Waals surface area contributed by atoms with E-state index in [2.05, 4.69) is 15.5 Å². The topological polar surface area (TPSA) is 80.5 Å². The van der Waals surface area contributed by atoms with Gasteiger partial charge in [0.15, 0.2) is 5.82 Å². The summed E-state index contributed by atoms with van der Waals surface area (Å²) in [7, 11) is 0. The maximum atomic E-state index is 12.4. The van der Waals surface area contributed by atoms with Gasteiger partial charge < -0.3 is 19.5 Å². The highest BCUT2D eigenvalue weighted by molar-refractivity contribution is 5.74. The highest BCUT2D eigenvalue weighted by atomic mass is 16.5. The molecule has 1 aromatic heterocycles. The average molecular weight is 344 g/mol. The third kappa shape index (κ3) is 4.57. The lowest BCUT2D eigenvalue weighted by Gasteiger charge is -2.35. The van der Waals surface area contributed by atoms with Crippen LogP contribution in [0.5, 0.6) is 0 Å². The Balaban J connectivity index is 1.58. The van der Waals surface area contributed by atoms with Crippen LogP contribution >= 0.6 is 0 Å². The van der Waals surface area contributed by atoms with Gasteiger partial charge in [0.25, 0.3) is 0 Å². The molecule has 1 aliphatic rings. The first-order valence-electron chi connectivity index (χ1n) is 8.58. The zero-order chi connectivity index (χ0) is 17.8. The van der Waals surface area contributed by atoms with Gasteiger partial charge in [-0.3, -0.25) is 0 Å². The van der Waals surface area contributed by atoms with Crippen molar-refractivity contribution in [3.05, 3.63) is 47.6 Å². The van der Waals surface area contributed by atoms with Crippen LogP contribution in [0.15, 0.2) is 34.9 Å². The van der Waals surface area contributed by atoms with E-state index in [-0.39, 0.29) is 24.3 Å². The summed E-state index contributed by atoms with van der Waals surface area (Å²) in [6.07, 6.45) is 0.667. The number of hydrogen-bond acceptors (Lipinski definition) is 5. The van der Waals surface area contributed by atoms with E-state index < -0.39 is 0 Å². The Bertz CT molecular complexity index is 693. The van der Waals surface area contributed by atoms with Gasteiger partial charge in [-0.15, -0.1) is 0 Å². The summed E-state index contributed by atoms with van der Waals surface area (Å²) in [5.41, 5.74) is 1.11. The zero-order valence-corrected chi connectivity index (χ0v) is 14.8. The van der Waals surface area contributed by atoms with Crippen molar-refractivity contribution in [3.63, 3.8) is 0 Å². The van der Waals surface area contributed by atoms with E-state index in [4.69, 9.17) is 9.26 Å². The molecule has 1 N–H and O–H groups in total. The molecule has 1 saturated heterocycles. The number of hydrogen-bond donors (Lipinski definition) is 1. The van der Waals surface area contributed by atoms with Gasteiger partial charge in [-0.1, -0.05) is 35.5 Å². The largest absolute Gasteiger partial charge is 0.372 e. The molecule has 0 saturated carbocycles. The molecule has 7 nitrogen and oxygen atoms in total. The molecule has 25 heavy (non-hydrogen) atoms. The van der Waals surface area contributed by atoms with Crippen LogP contribution in [0, 0.1) is 0 Å². The quantitative estimate of drug-likeness (QED) is 0.922. The molecule has 7 heteroatoms. The number of amides is 2. The smallest absolute Gasteiger partial charge is 0.318 e. The van der Waals surface area contributed by atoms with Crippen LogP contribution in [-0.4, -0.2) is 46.4 Å². The van der Waals surface area contributed by atoms with E-state index in [0.29, 0.717) is 31.2 Å². The molecular weight excluding hydrogens is 320 g/mol. The Hall–Kier alpha value is -2.41. The lowest BCUT2D eigenvalue weighted by Crippen LogP contribution is -2.52. The first-order valence-corrected chi connectivity index (χ1v) is 8.58. The maximum Gasteiger partial charge on any atom is 0.318 e. The number of benzene rings is 1. The Morgan fingerprint density at radius 1 is 1.28 bits per heavy atom. The second kappa shape index (κ2) is 7.65. The van der Waals surface area contributed by atoms with E-state index in [0.717, 1.165) is 5.56 Å². The molecule has 134 valence electrons.